The van der Waals surface area contributed by atoms with Crippen molar-refractivity contribution in [1.29, 1.82) is 0 Å². The molecule has 62 heavy (non-hydrogen) atoms. The lowest BCUT2D eigenvalue weighted by atomic mass is 10.00. The minimum atomic E-state index is 0.581. The number of aromatic nitrogens is 3. The van der Waals surface area contributed by atoms with Gasteiger partial charge >= 0.3 is 0 Å². The van der Waals surface area contributed by atoms with E-state index >= 15 is 0 Å². The van der Waals surface area contributed by atoms with E-state index in [0.717, 1.165) is 72.4 Å². The Labute approximate surface area is 359 Å². The van der Waals surface area contributed by atoms with Crippen molar-refractivity contribution in [3.8, 4) is 67.5 Å². The fourth-order valence-electron chi connectivity index (χ4n) is 8.27. The van der Waals surface area contributed by atoms with E-state index in [-0.39, 0.29) is 0 Å². The molecule has 292 valence electrons. The SMILES string of the molecule is c1ccc(-c2ccc(-c3ccc(N(c4ccc(-c5ccccc5)cc4)c4cccc5c4oc4cccc(-c6nc(-c7ccccc7)nc(-c7ccccc7)n6)c45)cc3)cc2)cc1. The largest absolute Gasteiger partial charge is 0.454 e. The van der Waals surface area contributed by atoms with Gasteiger partial charge < -0.3 is 9.32 Å². The Hall–Kier alpha value is -8.41. The van der Waals surface area contributed by atoms with Crippen LogP contribution in [0.1, 0.15) is 0 Å². The van der Waals surface area contributed by atoms with E-state index in [9.17, 15) is 0 Å². The molecule has 0 N–H and O–H groups in total. The molecule has 0 aliphatic heterocycles. The summed E-state index contributed by atoms with van der Waals surface area (Å²) in [5.41, 5.74) is 14.2. The zero-order valence-electron chi connectivity index (χ0n) is 33.6. The van der Waals surface area contributed by atoms with Crippen LogP contribution in [0.3, 0.4) is 0 Å². The molecule has 0 bridgehead atoms. The van der Waals surface area contributed by atoms with E-state index in [4.69, 9.17) is 19.4 Å². The topological polar surface area (TPSA) is 55.1 Å². The normalized spacial score (nSPS) is 11.2. The number of hydrogen-bond acceptors (Lipinski definition) is 5. The molecule has 5 nitrogen and oxygen atoms in total. The van der Waals surface area contributed by atoms with Crippen LogP contribution in [0.15, 0.2) is 235 Å². The molecule has 2 aromatic heterocycles. The number of nitrogens with zero attached hydrogens (tertiary/aromatic N) is 4. The molecule has 0 spiro atoms. The van der Waals surface area contributed by atoms with Gasteiger partial charge in [0.25, 0.3) is 0 Å². The Kier molecular flexibility index (Phi) is 9.45. The van der Waals surface area contributed by atoms with Crippen LogP contribution < -0.4 is 4.90 Å². The number of benzene rings is 9. The van der Waals surface area contributed by atoms with Gasteiger partial charge in [-0.25, -0.2) is 15.0 Å². The lowest BCUT2D eigenvalue weighted by Gasteiger charge is -2.26. The van der Waals surface area contributed by atoms with Crippen molar-refractivity contribution < 1.29 is 4.42 Å². The van der Waals surface area contributed by atoms with Gasteiger partial charge in [-0.15, -0.1) is 0 Å². The molecule has 0 fully saturated rings. The molecule has 2 heterocycles. The van der Waals surface area contributed by atoms with E-state index in [1.807, 2.05) is 84.9 Å². The summed E-state index contributed by atoms with van der Waals surface area (Å²) in [5.74, 6) is 1.80. The molecule has 0 atom stereocenters. The first kappa shape index (κ1) is 36.7. The maximum Gasteiger partial charge on any atom is 0.164 e. The summed E-state index contributed by atoms with van der Waals surface area (Å²) in [7, 11) is 0. The third kappa shape index (κ3) is 6.97. The number of furan rings is 1. The highest BCUT2D eigenvalue weighted by atomic mass is 16.3. The van der Waals surface area contributed by atoms with Crippen LogP contribution in [0.2, 0.25) is 0 Å². The first-order valence-electron chi connectivity index (χ1n) is 20.8. The number of para-hydroxylation sites is 1. The van der Waals surface area contributed by atoms with Crippen molar-refractivity contribution in [2.75, 3.05) is 4.90 Å². The molecule has 0 radical (unpaired) electrons. The second-order valence-electron chi connectivity index (χ2n) is 15.2. The predicted molar refractivity (Wildman–Crippen MR) is 254 cm³/mol. The van der Waals surface area contributed by atoms with Gasteiger partial charge in [0.1, 0.15) is 5.58 Å². The number of anilines is 3. The summed E-state index contributed by atoms with van der Waals surface area (Å²) in [6.07, 6.45) is 0. The van der Waals surface area contributed by atoms with E-state index in [1.165, 1.54) is 16.7 Å². The van der Waals surface area contributed by atoms with Gasteiger partial charge in [0, 0.05) is 38.8 Å². The van der Waals surface area contributed by atoms with Crippen molar-refractivity contribution in [3.05, 3.63) is 231 Å². The first-order chi connectivity index (χ1) is 30.7. The molecule has 0 amide bonds. The number of fused-ring (bicyclic) bond motifs is 3. The van der Waals surface area contributed by atoms with Crippen molar-refractivity contribution in [2.45, 2.75) is 0 Å². The standard InChI is InChI=1S/C57H38N4O/c1-5-15-39(16-6-1)41-27-29-42(30-28-41)44-33-37-48(38-34-44)61(47-35-31-43(32-36-47)40-17-7-2-8-18-40)51-25-13-23-49-53-50(24-14-26-52(53)62-54(49)51)57-59-55(45-19-9-3-10-20-45)58-56(60-57)46-21-11-4-12-22-46/h1-38H. The molecule has 0 aliphatic rings. The fraction of sp³-hybridized carbons (Fsp3) is 0. The lowest BCUT2D eigenvalue weighted by molar-refractivity contribution is 0.669. The van der Waals surface area contributed by atoms with Crippen LogP contribution in [0.25, 0.3) is 89.5 Å². The van der Waals surface area contributed by atoms with Gasteiger partial charge in [-0.3, -0.25) is 0 Å². The smallest absolute Gasteiger partial charge is 0.164 e. The van der Waals surface area contributed by atoms with Crippen molar-refractivity contribution in [3.63, 3.8) is 0 Å². The Morgan fingerprint density at radius 3 is 1.16 bits per heavy atom. The third-order valence-electron chi connectivity index (χ3n) is 11.4. The Morgan fingerprint density at radius 1 is 0.306 bits per heavy atom. The van der Waals surface area contributed by atoms with Crippen molar-refractivity contribution >= 4 is 39.0 Å². The van der Waals surface area contributed by atoms with Gasteiger partial charge in [0.2, 0.25) is 0 Å². The molecule has 0 aliphatic carbocycles. The lowest BCUT2D eigenvalue weighted by Crippen LogP contribution is -2.10. The van der Waals surface area contributed by atoms with E-state index in [2.05, 4.69) is 150 Å². The Balaban J connectivity index is 1.05. The molecular weight excluding hydrogens is 757 g/mol. The summed E-state index contributed by atoms with van der Waals surface area (Å²) in [4.78, 5) is 17.4. The Morgan fingerprint density at radius 2 is 0.694 bits per heavy atom. The summed E-state index contributed by atoms with van der Waals surface area (Å²) in [6, 6.07) is 79.9. The quantitative estimate of drug-likeness (QED) is 0.146. The fourth-order valence-corrected chi connectivity index (χ4v) is 8.27. The summed E-state index contributed by atoms with van der Waals surface area (Å²) < 4.78 is 6.92. The van der Waals surface area contributed by atoms with Crippen LogP contribution >= 0.6 is 0 Å². The van der Waals surface area contributed by atoms with E-state index < -0.39 is 0 Å². The predicted octanol–water partition coefficient (Wildman–Crippen LogP) is 15.2. The highest BCUT2D eigenvalue weighted by molar-refractivity contribution is 6.15. The summed E-state index contributed by atoms with van der Waals surface area (Å²) >= 11 is 0. The zero-order valence-corrected chi connectivity index (χ0v) is 33.6. The molecule has 11 aromatic rings. The van der Waals surface area contributed by atoms with Crippen molar-refractivity contribution in [1.82, 2.24) is 15.0 Å². The first-order valence-corrected chi connectivity index (χ1v) is 20.8. The molecule has 9 aromatic carbocycles. The van der Waals surface area contributed by atoms with Gasteiger partial charge in [-0.05, 0) is 69.8 Å². The van der Waals surface area contributed by atoms with Crippen LogP contribution in [0.5, 0.6) is 0 Å². The van der Waals surface area contributed by atoms with Crippen LogP contribution in [-0.4, -0.2) is 15.0 Å². The average molecular weight is 795 g/mol. The maximum absolute atomic E-state index is 6.92. The van der Waals surface area contributed by atoms with Gasteiger partial charge in [0.15, 0.2) is 23.1 Å². The number of rotatable bonds is 9. The summed E-state index contributed by atoms with van der Waals surface area (Å²) in [5, 5.41) is 1.92. The zero-order chi connectivity index (χ0) is 41.2. The minimum Gasteiger partial charge on any atom is -0.454 e. The second-order valence-corrected chi connectivity index (χ2v) is 15.2. The van der Waals surface area contributed by atoms with Gasteiger partial charge in [-0.2, -0.15) is 0 Å². The molecule has 5 heteroatoms. The third-order valence-corrected chi connectivity index (χ3v) is 11.4. The van der Waals surface area contributed by atoms with Gasteiger partial charge in [0.05, 0.1) is 5.69 Å². The van der Waals surface area contributed by atoms with E-state index in [0.29, 0.717) is 17.5 Å². The maximum atomic E-state index is 6.92. The molecule has 0 saturated heterocycles. The highest BCUT2D eigenvalue weighted by Gasteiger charge is 2.23. The molecular formula is C57H38N4O. The highest BCUT2D eigenvalue weighted by Crippen LogP contribution is 2.45. The Bertz CT molecular complexity index is 3240. The molecule has 0 unspecified atom stereocenters. The average Bonchev–Trinajstić information content (AvgIpc) is 3.75. The summed E-state index contributed by atoms with van der Waals surface area (Å²) in [6.45, 7) is 0. The molecule has 11 rings (SSSR count). The molecule has 0 saturated carbocycles. The monoisotopic (exact) mass is 794 g/mol. The van der Waals surface area contributed by atoms with Crippen LogP contribution in [0, 0.1) is 0 Å². The minimum absolute atomic E-state index is 0.581. The van der Waals surface area contributed by atoms with E-state index in [1.54, 1.807) is 0 Å². The second kappa shape index (κ2) is 16.0. The van der Waals surface area contributed by atoms with Crippen molar-refractivity contribution in [2.24, 2.45) is 0 Å². The van der Waals surface area contributed by atoms with Crippen LogP contribution in [-0.2, 0) is 0 Å². The van der Waals surface area contributed by atoms with Crippen LogP contribution in [0.4, 0.5) is 17.1 Å². The van der Waals surface area contributed by atoms with Gasteiger partial charge in [-0.1, -0.05) is 194 Å². The number of hydrogen-bond donors (Lipinski definition) is 0.